The molecule has 21 heavy (non-hydrogen) atoms. The van der Waals surface area contributed by atoms with Crippen LogP contribution in [0.15, 0.2) is 6.33 Å². The molecule has 1 aliphatic rings. The maximum atomic E-state index is 12.1. The number of hydrogen-bond acceptors (Lipinski definition) is 5. The van der Waals surface area contributed by atoms with Crippen molar-refractivity contribution < 1.29 is 19.5 Å². The standard InChI is InChI=1S/C11H16N6O4/c12-8(18)2-1-7(10(19)20)14-11(21)16-3-4-17-6-13-15-9(17)5-16/h6-7H,1-5H2,(H2,12,18)(H,14,21)(H,19,20). The number of carboxylic acid groups (broad SMARTS) is 1. The number of primary amides is 1. The van der Waals surface area contributed by atoms with Crippen molar-refractivity contribution in [2.24, 2.45) is 5.73 Å². The van der Waals surface area contributed by atoms with E-state index in [1.807, 2.05) is 4.57 Å². The molecule has 3 amide bonds. The zero-order chi connectivity index (χ0) is 15.4. The summed E-state index contributed by atoms with van der Waals surface area (Å²) < 4.78 is 1.82. The molecule has 0 fully saturated rings. The van der Waals surface area contributed by atoms with Gasteiger partial charge in [0.05, 0.1) is 6.54 Å². The van der Waals surface area contributed by atoms with E-state index < -0.39 is 23.9 Å². The topological polar surface area (TPSA) is 143 Å². The van der Waals surface area contributed by atoms with Gasteiger partial charge in [-0.2, -0.15) is 0 Å². The van der Waals surface area contributed by atoms with Crippen LogP contribution in [0.2, 0.25) is 0 Å². The fourth-order valence-electron chi connectivity index (χ4n) is 2.02. The number of aliphatic carboxylic acids is 1. The molecule has 0 saturated heterocycles. The molecule has 10 nitrogen and oxygen atoms in total. The van der Waals surface area contributed by atoms with Crippen LogP contribution in [0.5, 0.6) is 0 Å². The summed E-state index contributed by atoms with van der Waals surface area (Å²) in [6.45, 7) is 1.24. The second-order valence-electron chi connectivity index (χ2n) is 4.71. The first-order valence-corrected chi connectivity index (χ1v) is 6.40. The molecule has 2 heterocycles. The SMILES string of the molecule is NC(=O)CCC(NC(=O)N1CCn2cnnc2C1)C(=O)O. The van der Waals surface area contributed by atoms with Crippen molar-refractivity contribution >= 4 is 17.9 Å². The Balaban J connectivity index is 1.93. The molecule has 0 aromatic carbocycles. The summed E-state index contributed by atoms with van der Waals surface area (Å²) in [5.74, 6) is -1.17. The molecule has 0 spiro atoms. The first kappa shape index (κ1) is 14.8. The molecule has 0 saturated carbocycles. The van der Waals surface area contributed by atoms with Crippen molar-refractivity contribution in [2.75, 3.05) is 6.54 Å². The van der Waals surface area contributed by atoms with Gasteiger partial charge in [-0.1, -0.05) is 0 Å². The summed E-state index contributed by atoms with van der Waals surface area (Å²) in [7, 11) is 0. The van der Waals surface area contributed by atoms with Gasteiger partial charge < -0.3 is 25.6 Å². The van der Waals surface area contributed by atoms with Crippen LogP contribution < -0.4 is 11.1 Å². The number of carbonyl (C=O) groups excluding carboxylic acids is 2. The van der Waals surface area contributed by atoms with Crippen LogP contribution in [-0.2, 0) is 22.7 Å². The van der Waals surface area contributed by atoms with Crippen LogP contribution >= 0.6 is 0 Å². The summed E-state index contributed by atoms with van der Waals surface area (Å²) in [5.41, 5.74) is 4.98. The highest BCUT2D eigenvalue weighted by molar-refractivity contribution is 5.83. The van der Waals surface area contributed by atoms with Crippen molar-refractivity contribution in [1.82, 2.24) is 25.0 Å². The number of carbonyl (C=O) groups is 3. The Morgan fingerprint density at radius 1 is 1.43 bits per heavy atom. The molecule has 114 valence electrons. The van der Waals surface area contributed by atoms with Gasteiger partial charge in [-0.15, -0.1) is 10.2 Å². The van der Waals surface area contributed by atoms with Crippen LogP contribution in [0.25, 0.3) is 0 Å². The van der Waals surface area contributed by atoms with Crippen molar-refractivity contribution in [3.63, 3.8) is 0 Å². The molecule has 1 aromatic heterocycles. The van der Waals surface area contributed by atoms with Crippen LogP contribution in [0.4, 0.5) is 4.79 Å². The van der Waals surface area contributed by atoms with Gasteiger partial charge in [-0.3, -0.25) is 4.79 Å². The van der Waals surface area contributed by atoms with E-state index in [1.54, 1.807) is 6.33 Å². The molecule has 10 heteroatoms. The number of hydrogen-bond donors (Lipinski definition) is 3. The normalized spacial score (nSPS) is 15.1. The monoisotopic (exact) mass is 296 g/mol. The number of rotatable bonds is 5. The second-order valence-corrected chi connectivity index (χ2v) is 4.71. The fourth-order valence-corrected chi connectivity index (χ4v) is 2.02. The molecule has 1 aliphatic heterocycles. The van der Waals surface area contributed by atoms with Crippen LogP contribution in [-0.4, -0.2) is 55.3 Å². The maximum absolute atomic E-state index is 12.1. The molecule has 0 bridgehead atoms. The van der Waals surface area contributed by atoms with Gasteiger partial charge in [0.1, 0.15) is 12.4 Å². The zero-order valence-electron chi connectivity index (χ0n) is 11.2. The third-order valence-corrected chi connectivity index (χ3v) is 3.20. The zero-order valence-corrected chi connectivity index (χ0v) is 11.2. The minimum Gasteiger partial charge on any atom is -0.480 e. The van der Waals surface area contributed by atoms with E-state index in [1.165, 1.54) is 4.90 Å². The highest BCUT2D eigenvalue weighted by atomic mass is 16.4. The minimum atomic E-state index is -1.20. The molecule has 0 radical (unpaired) electrons. The van der Waals surface area contributed by atoms with Crippen molar-refractivity contribution in [2.45, 2.75) is 32.0 Å². The predicted octanol–water partition coefficient (Wildman–Crippen LogP) is -1.48. The number of amides is 3. The lowest BCUT2D eigenvalue weighted by molar-refractivity contribution is -0.139. The number of nitrogens with one attached hydrogen (secondary N) is 1. The first-order valence-electron chi connectivity index (χ1n) is 6.40. The second kappa shape index (κ2) is 6.20. The summed E-state index contributed by atoms with van der Waals surface area (Å²) in [4.78, 5) is 35.3. The predicted molar refractivity (Wildman–Crippen MR) is 68.8 cm³/mol. The van der Waals surface area contributed by atoms with Crippen LogP contribution in [0, 0.1) is 0 Å². The van der Waals surface area contributed by atoms with Crippen LogP contribution in [0.1, 0.15) is 18.7 Å². The smallest absolute Gasteiger partial charge is 0.326 e. The van der Waals surface area contributed by atoms with Gasteiger partial charge in [0.25, 0.3) is 0 Å². The highest BCUT2D eigenvalue weighted by Gasteiger charge is 2.26. The van der Waals surface area contributed by atoms with E-state index in [0.717, 1.165) is 0 Å². The van der Waals surface area contributed by atoms with E-state index in [4.69, 9.17) is 10.8 Å². The lowest BCUT2D eigenvalue weighted by Crippen LogP contribution is -2.50. The Hall–Kier alpha value is -2.65. The van der Waals surface area contributed by atoms with Gasteiger partial charge in [0.2, 0.25) is 5.91 Å². The van der Waals surface area contributed by atoms with E-state index in [2.05, 4.69) is 15.5 Å². The van der Waals surface area contributed by atoms with Gasteiger partial charge in [-0.05, 0) is 6.42 Å². The molecule has 0 aliphatic carbocycles. The van der Waals surface area contributed by atoms with Gasteiger partial charge >= 0.3 is 12.0 Å². The average Bonchev–Trinajstić information content (AvgIpc) is 2.89. The molecule has 4 N–H and O–H groups in total. The van der Waals surface area contributed by atoms with E-state index in [-0.39, 0.29) is 19.4 Å². The Morgan fingerprint density at radius 3 is 2.86 bits per heavy atom. The first-order chi connectivity index (χ1) is 9.97. The highest BCUT2D eigenvalue weighted by Crippen LogP contribution is 2.09. The number of nitrogens with two attached hydrogens (primary N) is 1. The average molecular weight is 296 g/mol. The van der Waals surface area contributed by atoms with Crippen molar-refractivity contribution in [1.29, 1.82) is 0 Å². The van der Waals surface area contributed by atoms with Gasteiger partial charge in [0, 0.05) is 19.5 Å². The van der Waals surface area contributed by atoms with E-state index >= 15 is 0 Å². The molecule has 1 unspecified atom stereocenters. The number of urea groups is 1. The Bertz CT molecular complexity index is 557. The Labute approximate surface area is 119 Å². The van der Waals surface area contributed by atoms with E-state index in [9.17, 15) is 14.4 Å². The number of nitrogens with zero attached hydrogens (tertiary/aromatic N) is 4. The lowest BCUT2D eigenvalue weighted by atomic mass is 10.1. The summed E-state index contributed by atoms with van der Waals surface area (Å²) in [6, 6.07) is -1.66. The largest absolute Gasteiger partial charge is 0.480 e. The summed E-state index contributed by atoms with van der Waals surface area (Å²) >= 11 is 0. The molecule has 1 aromatic rings. The number of carboxylic acids is 1. The van der Waals surface area contributed by atoms with Crippen molar-refractivity contribution in [3.05, 3.63) is 12.2 Å². The Morgan fingerprint density at radius 2 is 2.19 bits per heavy atom. The fraction of sp³-hybridized carbons (Fsp3) is 0.545. The van der Waals surface area contributed by atoms with E-state index in [0.29, 0.717) is 18.9 Å². The number of aromatic nitrogens is 3. The Kier molecular flexibility index (Phi) is 4.36. The minimum absolute atomic E-state index is 0.0412. The molecule has 1 atom stereocenters. The molecular formula is C11H16N6O4. The summed E-state index contributed by atoms with van der Waals surface area (Å²) in [6.07, 6.45) is 1.43. The lowest BCUT2D eigenvalue weighted by Gasteiger charge is -2.28. The number of fused-ring (bicyclic) bond motifs is 1. The van der Waals surface area contributed by atoms with Crippen LogP contribution in [0.3, 0.4) is 0 Å². The molecule has 2 rings (SSSR count). The summed E-state index contributed by atoms with van der Waals surface area (Å²) in [5, 5.41) is 19.1. The molecular weight excluding hydrogens is 280 g/mol. The van der Waals surface area contributed by atoms with Gasteiger partial charge in [-0.25, -0.2) is 9.59 Å². The third kappa shape index (κ3) is 3.68. The van der Waals surface area contributed by atoms with Gasteiger partial charge in [0.15, 0.2) is 5.82 Å². The van der Waals surface area contributed by atoms with Crippen molar-refractivity contribution in [3.8, 4) is 0 Å². The third-order valence-electron chi connectivity index (χ3n) is 3.20. The maximum Gasteiger partial charge on any atom is 0.326 e. The quantitative estimate of drug-likeness (QED) is 0.604.